The molecule has 18 heavy (non-hydrogen) atoms. The van der Waals surface area contributed by atoms with Crippen LogP contribution in [0.1, 0.15) is 32.2 Å². The van der Waals surface area contributed by atoms with Gasteiger partial charge in [-0.2, -0.15) is 0 Å². The van der Waals surface area contributed by atoms with Gasteiger partial charge in [0.25, 0.3) is 0 Å². The van der Waals surface area contributed by atoms with E-state index < -0.39 is 0 Å². The molecule has 5 heteroatoms. The Hall–Kier alpha value is -1.75. The summed E-state index contributed by atoms with van der Waals surface area (Å²) in [6.07, 6.45) is 5.33. The lowest BCUT2D eigenvalue weighted by molar-refractivity contribution is 0.587. The van der Waals surface area contributed by atoms with Crippen molar-refractivity contribution in [3.05, 3.63) is 42.1 Å². The maximum absolute atomic E-state index is 5.62. The number of hydrogen-bond donors (Lipinski definition) is 1. The highest BCUT2D eigenvalue weighted by atomic mass is 32.1. The van der Waals surface area contributed by atoms with Gasteiger partial charge in [0, 0.05) is 18.6 Å². The van der Waals surface area contributed by atoms with Crippen molar-refractivity contribution in [1.29, 1.82) is 0 Å². The van der Waals surface area contributed by atoms with Crippen LogP contribution in [0.25, 0.3) is 5.82 Å². The van der Waals surface area contributed by atoms with Gasteiger partial charge in [-0.3, -0.25) is 4.57 Å². The third kappa shape index (κ3) is 2.41. The molecule has 0 radical (unpaired) electrons. The maximum Gasteiger partial charge on any atom is 0.173 e. The molecule has 0 fully saturated rings. The molecule has 0 saturated carbocycles. The van der Waals surface area contributed by atoms with E-state index >= 15 is 0 Å². The topological polar surface area (TPSA) is 56.7 Å². The fraction of sp³-hybridized carbons (Fsp3) is 0.308. The highest BCUT2D eigenvalue weighted by molar-refractivity contribution is 7.80. The maximum atomic E-state index is 5.62. The molecule has 2 aromatic rings. The molecular weight excluding hydrogens is 244 g/mol. The van der Waals surface area contributed by atoms with Crippen molar-refractivity contribution in [2.24, 2.45) is 5.73 Å². The van der Waals surface area contributed by atoms with Crippen LogP contribution in [0.15, 0.2) is 30.7 Å². The predicted octanol–water partition coefficient (Wildman–Crippen LogP) is 2.20. The van der Waals surface area contributed by atoms with E-state index in [9.17, 15) is 0 Å². The Kier molecular flexibility index (Phi) is 3.17. The van der Waals surface area contributed by atoms with E-state index in [0.717, 1.165) is 5.82 Å². The molecule has 2 N–H and O–H groups in total. The average molecular weight is 260 g/mol. The highest BCUT2D eigenvalue weighted by Gasteiger charge is 2.14. The SMILES string of the molecule is CC(C)(C)c1ccc(-n2ccnc2C(N)=S)nc1. The number of thiocarbonyl (C=S) groups is 1. The number of imidazole rings is 1. The number of nitrogens with two attached hydrogens (primary N) is 1. The van der Waals surface area contributed by atoms with Crippen LogP contribution in [0.4, 0.5) is 0 Å². The number of pyridine rings is 1. The molecule has 2 heterocycles. The lowest BCUT2D eigenvalue weighted by Crippen LogP contribution is -2.17. The standard InChI is InChI=1S/C13H16N4S/c1-13(2,3)9-4-5-10(16-8-9)17-7-6-15-12(17)11(14)18/h4-8H,1-3H3,(H2,14,18). The Morgan fingerprint density at radius 1 is 1.28 bits per heavy atom. The second kappa shape index (κ2) is 4.49. The van der Waals surface area contributed by atoms with Gasteiger partial charge in [0.15, 0.2) is 5.82 Å². The van der Waals surface area contributed by atoms with E-state index in [1.54, 1.807) is 17.0 Å². The Morgan fingerprint density at radius 3 is 2.50 bits per heavy atom. The van der Waals surface area contributed by atoms with Gasteiger partial charge in [-0.15, -0.1) is 0 Å². The quantitative estimate of drug-likeness (QED) is 0.841. The van der Waals surface area contributed by atoms with E-state index in [4.69, 9.17) is 18.0 Å². The first-order valence-corrected chi connectivity index (χ1v) is 6.10. The second-order valence-corrected chi connectivity index (χ2v) is 5.58. The second-order valence-electron chi connectivity index (χ2n) is 5.14. The molecule has 2 rings (SSSR count). The Labute approximate surface area is 112 Å². The van der Waals surface area contributed by atoms with Crippen molar-refractivity contribution in [2.45, 2.75) is 26.2 Å². The Morgan fingerprint density at radius 2 is 2.00 bits per heavy atom. The monoisotopic (exact) mass is 260 g/mol. The van der Waals surface area contributed by atoms with Crippen LogP contribution in [0, 0.1) is 0 Å². The lowest BCUT2D eigenvalue weighted by atomic mass is 9.88. The summed E-state index contributed by atoms with van der Waals surface area (Å²) in [4.78, 5) is 8.82. The van der Waals surface area contributed by atoms with Crippen LogP contribution < -0.4 is 5.73 Å². The Balaban J connectivity index is 2.41. The fourth-order valence-corrected chi connectivity index (χ4v) is 1.79. The minimum absolute atomic E-state index is 0.0897. The van der Waals surface area contributed by atoms with Crippen molar-refractivity contribution in [3.63, 3.8) is 0 Å². The van der Waals surface area contributed by atoms with Crippen LogP contribution in [0.5, 0.6) is 0 Å². The van der Waals surface area contributed by atoms with E-state index in [1.807, 2.05) is 12.3 Å². The number of hydrogen-bond acceptors (Lipinski definition) is 3. The van der Waals surface area contributed by atoms with E-state index in [-0.39, 0.29) is 10.4 Å². The molecule has 0 atom stereocenters. The van der Waals surface area contributed by atoms with Crippen LogP contribution in [-0.2, 0) is 5.41 Å². The van der Waals surface area contributed by atoms with Crippen LogP contribution in [0.3, 0.4) is 0 Å². The predicted molar refractivity (Wildman–Crippen MR) is 75.9 cm³/mol. The molecule has 0 unspecified atom stereocenters. The van der Waals surface area contributed by atoms with Crippen LogP contribution in [-0.4, -0.2) is 19.5 Å². The zero-order chi connectivity index (χ0) is 13.3. The minimum Gasteiger partial charge on any atom is -0.387 e. The molecule has 0 amide bonds. The summed E-state index contributed by atoms with van der Waals surface area (Å²) in [6, 6.07) is 4.01. The zero-order valence-electron chi connectivity index (χ0n) is 10.7. The van der Waals surface area contributed by atoms with Crippen molar-refractivity contribution >= 4 is 17.2 Å². The molecule has 0 aliphatic carbocycles. The van der Waals surface area contributed by atoms with Crippen molar-refractivity contribution in [2.75, 3.05) is 0 Å². The minimum atomic E-state index is 0.0897. The summed E-state index contributed by atoms with van der Waals surface area (Å²) in [6.45, 7) is 6.46. The molecule has 0 bridgehead atoms. The summed E-state index contributed by atoms with van der Waals surface area (Å²) >= 11 is 4.95. The molecule has 0 aliphatic heterocycles. The first-order chi connectivity index (χ1) is 8.39. The van der Waals surface area contributed by atoms with Crippen LogP contribution in [0.2, 0.25) is 0 Å². The van der Waals surface area contributed by atoms with Gasteiger partial charge in [0.1, 0.15) is 10.8 Å². The normalized spacial score (nSPS) is 11.5. The number of nitrogens with zero attached hydrogens (tertiary/aromatic N) is 3. The fourth-order valence-electron chi connectivity index (χ4n) is 1.64. The van der Waals surface area contributed by atoms with E-state index in [2.05, 4.69) is 36.8 Å². The smallest absolute Gasteiger partial charge is 0.173 e. The third-order valence-corrected chi connectivity index (χ3v) is 2.90. The van der Waals surface area contributed by atoms with Gasteiger partial charge < -0.3 is 5.73 Å². The Bertz CT molecular complexity index is 563. The molecule has 4 nitrogen and oxygen atoms in total. The number of rotatable bonds is 2. The van der Waals surface area contributed by atoms with Crippen molar-refractivity contribution in [1.82, 2.24) is 14.5 Å². The molecular formula is C13H16N4S. The highest BCUT2D eigenvalue weighted by Crippen LogP contribution is 2.21. The summed E-state index contributed by atoms with van der Waals surface area (Å²) < 4.78 is 1.79. The van der Waals surface area contributed by atoms with Gasteiger partial charge >= 0.3 is 0 Å². The van der Waals surface area contributed by atoms with Gasteiger partial charge in [0.05, 0.1) is 0 Å². The van der Waals surface area contributed by atoms with Gasteiger partial charge in [0.2, 0.25) is 0 Å². The van der Waals surface area contributed by atoms with Crippen molar-refractivity contribution < 1.29 is 0 Å². The molecule has 0 spiro atoms. The third-order valence-electron chi connectivity index (χ3n) is 2.72. The molecule has 0 saturated heterocycles. The molecule has 2 aromatic heterocycles. The summed E-state index contributed by atoms with van der Waals surface area (Å²) in [7, 11) is 0. The lowest BCUT2D eigenvalue weighted by Gasteiger charge is -2.18. The van der Waals surface area contributed by atoms with Crippen LogP contribution >= 0.6 is 12.2 Å². The first kappa shape index (κ1) is 12.7. The first-order valence-electron chi connectivity index (χ1n) is 5.69. The summed E-state index contributed by atoms with van der Waals surface area (Å²) in [5.74, 6) is 1.32. The van der Waals surface area contributed by atoms with E-state index in [1.165, 1.54) is 5.56 Å². The van der Waals surface area contributed by atoms with Crippen molar-refractivity contribution in [3.8, 4) is 5.82 Å². The van der Waals surface area contributed by atoms with Gasteiger partial charge in [-0.1, -0.05) is 39.1 Å². The molecule has 94 valence electrons. The zero-order valence-corrected chi connectivity index (χ0v) is 11.5. The number of aromatic nitrogens is 3. The molecule has 0 aromatic carbocycles. The summed E-state index contributed by atoms with van der Waals surface area (Å²) in [5, 5.41) is 0. The average Bonchev–Trinajstić information content (AvgIpc) is 2.77. The largest absolute Gasteiger partial charge is 0.387 e. The molecule has 0 aliphatic rings. The van der Waals surface area contributed by atoms with E-state index in [0.29, 0.717) is 5.82 Å². The van der Waals surface area contributed by atoms with Gasteiger partial charge in [-0.05, 0) is 17.0 Å². The van der Waals surface area contributed by atoms with Gasteiger partial charge in [-0.25, -0.2) is 9.97 Å². The summed E-state index contributed by atoms with van der Waals surface area (Å²) in [5.41, 5.74) is 6.89.